The Bertz CT molecular complexity index is 1950. The lowest BCUT2D eigenvalue weighted by molar-refractivity contribution is -0.134. The zero-order valence-corrected chi connectivity index (χ0v) is 33.3. The summed E-state index contributed by atoms with van der Waals surface area (Å²) in [6, 6.07) is 20.2. The molecule has 0 aromatic heterocycles. The number of ether oxygens (including phenoxy) is 2. The maximum atomic E-state index is 13.5. The van der Waals surface area contributed by atoms with Gasteiger partial charge in [0.15, 0.2) is 11.5 Å². The van der Waals surface area contributed by atoms with Gasteiger partial charge < -0.3 is 24.2 Å². The topological polar surface area (TPSA) is 118 Å². The number of imide groups is 2. The van der Waals surface area contributed by atoms with Gasteiger partial charge in [0.2, 0.25) is 11.8 Å². The van der Waals surface area contributed by atoms with Crippen molar-refractivity contribution in [3.05, 3.63) is 82.9 Å². The van der Waals surface area contributed by atoms with Crippen molar-refractivity contribution in [3.63, 3.8) is 0 Å². The maximum absolute atomic E-state index is 13.5. The summed E-state index contributed by atoms with van der Waals surface area (Å²) < 4.78 is 11.1. The Hall–Kier alpha value is -4.98. The average Bonchev–Trinajstić information content (AvgIpc) is 3.47. The van der Waals surface area contributed by atoms with E-state index < -0.39 is 0 Å². The van der Waals surface area contributed by atoms with Gasteiger partial charge in [0.25, 0.3) is 11.8 Å². The third-order valence-corrected chi connectivity index (χ3v) is 12.6. The van der Waals surface area contributed by atoms with Crippen molar-refractivity contribution in [2.45, 2.75) is 51.1 Å². The van der Waals surface area contributed by atoms with Crippen LogP contribution in [-0.4, -0.2) is 142 Å². The molecule has 1 N–H and O–H groups in total. The second-order valence-corrected chi connectivity index (χ2v) is 15.9. The van der Waals surface area contributed by atoms with Crippen LogP contribution in [0.4, 0.5) is 11.4 Å². The van der Waals surface area contributed by atoms with E-state index >= 15 is 0 Å². The SMILES string of the molecule is CCOc1cc(CN2C(=O)c3ccc(N4CCN(C5CCN(CCN6CCN(c7ccc(C8CCC(=O)NC8=O)cc7)CC6)CC5)CC4)cc3C2=O)ccc1OC. The van der Waals surface area contributed by atoms with Gasteiger partial charge in [0.1, 0.15) is 0 Å². The van der Waals surface area contributed by atoms with Gasteiger partial charge in [-0.15, -0.1) is 0 Å². The van der Waals surface area contributed by atoms with E-state index in [1.807, 2.05) is 55.5 Å². The molecule has 3 aromatic rings. The molecule has 13 nitrogen and oxygen atoms in total. The fraction of sp³-hybridized carbons (Fsp3) is 0.500. The molecule has 0 saturated carbocycles. The highest BCUT2D eigenvalue weighted by atomic mass is 16.5. The zero-order valence-electron chi connectivity index (χ0n) is 33.3. The van der Waals surface area contributed by atoms with Crippen LogP contribution < -0.4 is 24.6 Å². The van der Waals surface area contributed by atoms with Gasteiger partial charge in [0, 0.05) is 89.3 Å². The molecule has 57 heavy (non-hydrogen) atoms. The number of piperazine rings is 2. The van der Waals surface area contributed by atoms with Crippen LogP contribution in [0.3, 0.4) is 0 Å². The number of hydrogen-bond donors (Lipinski definition) is 1. The molecular weight excluding hydrogens is 723 g/mol. The lowest BCUT2D eigenvalue weighted by atomic mass is 9.90. The molecule has 0 radical (unpaired) electrons. The molecule has 0 aliphatic carbocycles. The molecule has 8 rings (SSSR count). The Kier molecular flexibility index (Phi) is 11.8. The van der Waals surface area contributed by atoms with Crippen LogP contribution in [0.2, 0.25) is 0 Å². The largest absolute Gasteiger partial charge is 0.493 e. The average molecular weight is 778 g/mol. The first-order valence-electron chi connectivity index (χ1n) is 20.7. The smallest absolute Gasteiger partial charge is 0.261 e. The monoisotopic (exact) mass is 777 g/mol. The van der Waals surface area contributed by atoms with Gasteiger partial charge in [-0.1, -0.05) is 18.2 Å². The van der Waals surface area contributed by atoms with Crippen LogP contribution in [0.15, 0.2) is 60.7 Å². The number of methoxy groups -OCH3 is 1. The number of nitrogens with zero attached hydrogens (tertiary/aromatic N) is 6. The highest BCUT2D eigenvalue weighted by Crippen LogP contribution is 2.33. The van der Waals surface area contributed by atoms with Gasteiger partial charge >= 0.3 is 0 Å². The first-order chi connectivity index (χ1) is 27.8. The van der Waals surface area contributed by atoms with E-state index in [4.69, 9.17) is 9.47 Å². The number of benzene rings is 3. The molecule has 302 valence electrons. The molecule has 4 saturated heterocycles. The van der Waals surface area contributed by atoms with Crippen LogP contribution in [0.25, 0.3) is 0 Å². The van der Waals surface area contributed by atoms with Crippen LogP contribution in [0, 0.1) is 0 Å². The van der Waals surface area contributed by atoms with Gasteiger partial charge in [-0.3, -0.25) is 39.2 Å². The Labute approximate surface area is 335 Å². The van der Waals surface area contributed by atoms with Gasteiger partial charge in [-0.25, -0.2) is 0 Å². The predicted octanol–water partition coefficient (Wildman–Crippen LogP) is 3.82. The number of rotatable bonds is 12. The number of piperidine rings is 2. The number of carbonyl (C=O) groups is 4. The predicted molar refractivity (Wildman–Crippen MR) is 218 cm³/mol. The first-order valence-corrected chi connectivity index (χ1v) is 20.7. The number of amides is 4. The van der Waals surface area contributed by atoms with E-state index in [0.29, 0.717) is 48.1 Å². The summed E-state index contributed by atoms with van der Waals surface area (Å²) in [6.45, 7) is 14.9. The Balaban J connectivity index is 0.752. The fourth-order valence-electron chi connectivity index (χ4n) is 9.18. The quantitative estimate of drug-likeness (QED) is 0.271. The van der Waals surface area contributed by atoms with Crippen molar-refractivity contribution in [3.8, 4) is 11.5 Å². The zero-order chi connectivity index (χ0) is 39.5. The second-order valence-electron chi connectivity index (χ2n) is 15.9. The standard InChI is InChI=1S/C44H55N7O6/c1-3-57-40-28-31(4-12-39(40)56-2)30-51-43(54)37-10-9-35(29-38(37)44(51)55)50-26-24-49(25-27-50)34-14-16-46(17-15-34)18-19-47-20-22-48(23-21-47)33-7-5-32(6-8-33)36-11-13-41(52)45-42(36)53/h4-10,12,28-29,34,36H,3,11,13-27,30H2,1-2H3,(H,45,52,53). The van der Waals surface area contributed by atoms with Crippen molar-refractivity contribution in [2.24, 2.45) is 0 Å². The summed E-state index contributed by atoms with van der Waals surface area (Å²) in [4.78, 5) is 64.6. The van der Waals surface area contributed by atoms with Crippen LogP contribution in [-0.2, 0) is 16.1 Å². The van der Waals surface area contributed by atoms with E-state index in [0.717, 1.165) is 95.4 Å². The normalized spacial score (nSPS) is 21.6. The summed E-state index contributed by atoms with van der Waals surface area (Å²) >= 11 is 0. The number of nitrogens with one attached hydrogen (secondary N) is 1. The second kappa shape index (κ2) is 17.3. The van der Waals surface area contributed by atoms with Crippen molar-refractivity contribution < 1.29 is 28.7 Å². The molecule has 0 spiro atoms. The third kappa shape index (κ3) is 8.51. The number of hydrogen-bond acceptors (Lipinski definition) is 11. The lowest BCUT2D eigenvalue weighted by Gasteiger charge is -2.44. The molecular formula is C44H55N7O6. The number of fused-ring (bicyclic) bond motifs is 1. The van der Waals surface area contributed by atoms with Gasteiger partial charge in [-0.2, -0.15) is 0 Å². The minimum atomic E-state index is -0.262. The molecule has 1 unspecified atom stereocenters. The molecule has 5 aliphatic rings. The Morgan fingerprint density at radius 1 is 0.667 bits per heavy atom. The van der Waals surface area contributed by atoms with Crippen LogP contribution >= 0.6 is 0 Å². The summed E-state index contributed by atoms with van der Waals surface area (Å²) in [5, 5.41) is 2.47. The van der Waals surface area contributed by atoms with E-state index in [1.165, 1.54) is 23.4 Å². The van der Waals surface area contributed by atoms with E-state index in [1.54, 1.807) is 7.11 Å². The van der Waals surface area contributed by atoms with Crippen molar-refractivity contribution in [2.75, 3.05) is 102 Å². The van der Waals surface area contributed by atoms with E-state index in [-0.39, 0.29) is 36.1 Å². The lowest BCUT2D eigenvalue weighted by Crippen LogP contribution is -2.54. The number of carbonyl (C=O) groups excluding carboxylic acids is 4. The molecule has 4 amide bonds. The van der Waals surface area contributed by atoms with Crippen molar-refractivity contribution in [1.29, 1.82) is 0 Å². The molecule has 5 heterocycles. The Morgan fingerprint density at radius 2 is 1.32 bits per heavy atom. The van der Waals surface area contributed by atoms with Crippen LogP contribution in [0.5, 0.6) is 11.5 Å². The van der Waals surface area contributed by atoms with Gasteiger partial charge in [0.05, 0.1) is 37.3 Å². The molecule has 1 atom stereocenters. The van der Waals surface area contributed by atoms with Crippen molar-refractivity contribution >= 4 is 35.0 Å². The van der Waals surface area contributed by atoms with E-state index in [2.05, 4.69) is 41.9 Å². The summed E-state index contributed by atoms with van der Waals surface area (Å²) in [5.74, 6) is 0.0936. The summed E-state index contributed by atoms with van der Waals surface area (Å²) in [7, 11) is 1.59. The molecule has 13 heteroatoms. The Morgan fingerprint density at radius 3 is 2.00 bits per heavy atom. The number of anilines is 2. The minimum absolute atomic E-state index is 0.174. The summed E-state index contributed by atoms with van der Waals surface area (Å²) in [6.07, 6.45) is 3.35. The van der Waals surface area contributed by atoms with E-state index in [9.17, 15) is 19.2 Å². The third-order valence-electron chi connectivity index (χ3n) is 12.6. The number of likely N-dealkylation sites (tertiary alicyclic amines) is 1. The molecule has 3 aromatic carbocycles. The van der Waals surface area contributed by atoms with Crippen LogP contribution in [0.1, 0.15) is 70.4 Å². The highest BCUT2D eigenvalue weighted by Gasteiger charge is 2.37. The minimum Gasteiger partial charge on any atom is -0.493 e. The first kappa shape index (κ1) is 38.9. The molecule has 5 aliphatic heterocycles. The summed E-state index contributed by atoms with van der Waals surface area (Å²) in [5.41, 5.74) is 4.92. The van der Waals surface area contributed by atoms with Crippen molar-refractivity contribution in [1.82, 2.24) is 24.9 Å². The molecule has 0 bridgehead atoms. The maximum Gasteiger partial charge on any atom is 0.261 e. The van der Waals surface area contributed by atoms with Gasteiger partial charge in [-0.05, 0) is 92.9 Å². The fourth-order valence-corrected chi connectivity index (χ4v) is 9.18. The molecule has 4 fully saturated rings. The highest BCUT2D eigenvalue weighted by molar-refractivity contribution is 6.21.